The summed E-state index contributed by atoms with van der Waals surface area (Å²) in [6.45, 7) is 4.00. The van der Waals surface area contributed by atoms with Crippen molar-refractivity contribution in [3.05, 3.63) is 63.9 Å². The molecule has 6 nitrogen and oxygen atoms in total. The number of anilines is 1. The van der Waals surface area contributed by atoms with Gasteiger partial charge in [-0.3, -0.25) is 9.52 Å². The third-order valence-corrected chi connectivity index (χ3v) is 7.48. The van der Waals surface area contributed by atoms with E-state index in [2.05, 4.69) is 20.9 Å². The Hall–Kier alpha value is -2.67. The Kier molecular flexibility index (Phi) is 7.08. The van der Waals surface area contributed by atoms with Crippen LogP contribution in [0.15, 0.2) is 57.4 Å². The molecule has 0 aliphatic heterocycles. The Morgan fingerprint density at radius 1 is 1.44 bits per heavy atom. The van der Waals surface area contributed by atoms with Crippen LogP contribution in [-0.4, -0.2) is 25.9 Å². The maximum Gasteiger partial charge on any atom is 0.263 e. The zero-order valence-corrected chi connectivity index (χ0v) is 19.7. The molecular formula is C22H21ClFN3O3S2. The molecule has 2 aromatic rings. The Morgan fingerprint density at radius 2 is 2.19 bits per heavy atom. The fraction of sp³-hybridized carbons (Fsp3) is 0.273. The molecule has 0 saturated carbocycles. The summed E-state index contributed by atoms with van der Waals surface area (Å²) in [7, 11) is -4.02. The van der Waals surface area contributed by atoms with Gasteiger partial charge in [0.25, 0.3) is 15.9 Å². The van der Waals surface area contributed by atoms with Crippen LogP contribution in [-0.2, 0) is 10.0 Å². The van der Waals surface area contributed by atoms with E-state index >= 15 is 0 Å². The number of carbonyl (C=O) groups is 1. The molecule has 0 fully saturated rings. The number of terminal acetylenes is 1. The highest BCUT2D eigenvalue weighted by molar-refractivity contribution is 7.93. The summed E-state index contributed by atoms with van der Waals surface area (Å²) in [4.78, 5) is 16.0. The third kappa shape index (κ3) is 5.38. The predicted octanol–water partition coefficient (Wildman–Crippen LogP) is 4.54. The van der Waals surface area contributed by atoms with E-state index in [1.54, 1.807) is 5.38 Å². The number of rotatable bonds is 7. The van der Waals surface area contributed by atoms with Crippen LogP contribution in [0.3, 0.4) is 0 Å². The highest BCUT2D eigenvalue weighted by Gasteiger charge is 2.27. The Morgan fingerprint density at radius 3 is 2.81 bits per heavy atom. The number of hydrogen-bond donors (Lipinski definition) is 2. The molecule has 168 valence electrons. The lowest BCUT2D eigenvalue weighted by molar-refractivity contribution is 0.0945. The molecule has 2 N–H and O–H groups in total. The maximum atomic E-state index is 14.6. The zero-order chi connectivity index (χ0) is 23.5. The van der Waals surface area contributed by atoms with E-state index in [0.717, 1.165) is 29.0 Å². The normalized spacial score (nSPS) is 16.5. The number of nitrogens with zero attached hydrogens (tertiary/aromatic N) is 1. The lowest BCUT2D eigenvalue weighted by Gasteiger charge is -2.27. The van der Waals surface area contributed by atoms with Crippen molar-refractivity contribution < 1.29 is 17.6 Å². The Balaban J connectivity index is 1.69. The number of amides is 1. The van der Waals surface area contributed by atoms with Gasteiger partial charge in [-0.05, 0) is 50.0 Å². The summed E-state index contributed by atoms with van der Waals surface area (Å²) in [5.41, 5.74) is -0.00697. The monoisotopic (exact) mass is 493 g/mol. The fourth-order valence-electron chi connectivity index (χ4n) is 3.09. The lowest BCUT2D eigenvalue weighted by atomic mass is 9.80. The second-order valence-electron chi connectivity index (χ2n) is 7.69. The van der Waals surface area contributed by atoms with Gasteiger partial charge in [-0.25, -0.2) is 17.8 Å². The van der Waals surface area contributed by atoms with Gasteiger partial charge in [0, 0.05) is 23.2 Å². The van der Waals surface area contributed by atoms with Crippen molar-refractivity contribution >= 4 is 44.0 Å². The van der Waals surface area contributed by atoms with Crippen LogP contribution in [0.4, 0.5) is 9.52 Å². The highest BCUT2D eigenvalue weighted by Crippen LogP contribution is 2.37. The van der Waals surface area contributed by atoms with Gasteiger partial charge in [-0.15, -0.1) is 17.8 Å². The van der Waals surface area contributed by atoms with Crippen LogP contribution in [0.25, 0.3) is 0 Å². The van der Waals surface area contributed by atoms with Crippen molar-refractivity contribution in [2.45, 2.75) is 25.2 Å². The summed E-state index contributed by atoms with van der Waals surface area (Å²) >= 11 is 7.38. The first kappa shape index (κ1) is 24.0. The summed E-state index contributed by atoms with van der Waals surface area (Å²) in [5.74, 6) is 1.05. The van der Waals surface area contributed by atoms with Gasteiger partial charge in [-0.2, -0.15) is 0 Å². The average molecular weight is 494 g/mol. The highest BCUT2D eigenvalue weighted by atomic mass is 35.5. The van der Waals surface area contributed by atoms with E-state index < -0.39 is 27.2 Å². The molecule has 1 heterocycles. The van der Waals surface area contributed by atoms with Crippen LogP contribution in [0.1, 0.15) is 30.6 Å². The van der Waals surface area contributed by atoms with Crippen LogP contribution >= 0.6 is 22.9 Å². The molecule has 1 aliphatic carbocycles. The van der Waals surface area contributed by atoms with E-state index in [1.165, 1.54) is 12.3 Å². The second-order valence-corrected chi connectivity index (χ2v) is 10.7. The predicted molar refractivity (Wildman–Crippen MR) is 124 cm³/mol. The SMILES string of the molecule is C#CC(C)(C)C1=CC(CNC(=O)c2ccc(S(=O)(=O)Nc3nccs3)cc2F)CC=C1Cl. The first-order valence-electron chi connectivity index (χ1n) is 9.59. The number of sulfonamides is 1. The van der Waals surface area contributed by atoms with E-state index in [1.807, 2.05) is 26.0 Å². The molecule has 1 aromatic heterocycles. The van der Waals surface area contributed by atoms with Gasteiger partial charge < -0.3 is 5.32 Å². The van der Waals surface area contributed by atoms with Gasteiger partial charge in [0.05, 0.1) is 15.9 Å². The first-order valence-corrected chi connectivity index (χ1v) is 12.3. The van der Waals surface area contributed by atoms with E-state index in [9.17, 15) is 17.6 Å². The number of carbonyl (C=O) groups excluding carboxylic acids is 1. The molecule has 0 saturated heterocycles. The molecule has 0 bridgehead atoms. The minimum Gasteiger partial charge on any atom is -0.351 e. The topological polar surface area (TPSA) is 88.2 Å². The van der Waals surface area contributed by atoms with Gasteiger partial charge in [0.15, 0.2) is 5.13 Å². The summed E-state index contributed by atoms with van der Waals surface area (Å²) in [5, 5.41) is 5.04. The maximum absolute atomic E-state index is 14.6. The molecular weight excluding hydrogens is 473 g/mol. The zero-order valence-electron chi connectivity index (χ0n) is 17.4. The largest absolute Gasteiger partial charge is 0.351 e. The number of hydrogen-bond acceptors (Lipinski definition) is 5. The van der Waals surface area contributed by atoms with Crippen LogP contribution in [0.5, 0.6) is 0 Å². The molecule has 3 rings (SSSR count). The van der Waals surface area contributed by atoms with E-state index in [-0.39, 0.29) is 28.1 Å². The number of thiazole rings is 1. The molecule has 32 heavy (non-hydrogen) atoms. The van der Waals surface area contributed by atoms with Crippen molar-refractivity contribution in [2.24, 2.45) is 11.3 Å². The Labute approximate surface area is 195 Å². The number of nitrogens with one attached hydrogen (secondary N) is 2. The molecule has 1 unspecified atom stereocenters. The van der Waals surface area contributed by atoms with Gasteiger partial charge >= 0.3 is 0 Å². The van der Waals surface area contributed by atoms with Gasteiger partial charge in [0.2, 0.25) is 0 Å². The van der Waals surface area contributed by atoms with Crippen molar-refractivity contribution in [1.29, 1.82) is 0 Å². The molecule has 0 spiro atoms. The standard InChI is InChI=1S/C22H21ClFN3O3S2/c1-4-22(2,3)17-11-14(5-8-18(17)23)13-26-20(28)16-7-6-15(12-19(16)24)32(29,30)27-21-25-9-10-31-21/h1,6-12,14H,5,13H2,2-3H3,(H,25,27)(H,26,28). The third-order valence-electron chi connectivity index (χ3n) is 4.97. The minimum atomic E-state index is -4.02. The molecule has 1 aliphatic rings. The molecule has 1 aromatic carbocycles. The quantitative estimate of drug-likeness (QED) is 0.554. The number of allylic oxidation sites excluding steroid dienone is 3. The van der Waals surface area contributed by atoms with Gasteiger partial charge in [0.1, 0.15) is 5.82 Å². The Bertz CT molecular complexity index is 1230. The van der Waals surface area contributed by atoms with Crippen LogP contribution in [0, 0.1) is 29.5 Å². The van der Waals surface area contributed by atoms with E-state index in [4.69, 9.17) is 18.0 Å². The van der Waals surface area contributed by atoms with Crippen LogP contribution < -0.4 is 10.0 Å². The van der Waals surface area contributed by atoms with E-state index in [0.29, 0.717) is 11.5 Å². The van der Waals surface area contributed by atoms with Crippen molar-refractivity contribution in [2.75, 3.05) is 11.3 Å². The second kappa shape index (κ2) is 9.45. The number of benzene rings is 1. The van der Waals surface area contributed by atoms with Crippen LogP contribution in [0.2, 0.25) is 0 Å². The lowest BCUT2D eigenvalue weighted by Crippen LogP contribution is -2.30. The number of aromatic nitrogens is 1. The smallest absolute Gasteiger partial charge is 0.263 e. The number of halogens is 2. The summed E-state index contributed by atoms with van der Waals surface area (Å²) < 4.78 is 41.6. The van der Waals surface area contributed by atoms with Crippen molar-refractivity contribution in [1.82, 2.24) is 10.3 Å². The molecule has 1 amide bonds. The average Bonchev–Trinajstić information content (AvgIpc) is 3.25. The van der Waals surface area contributed by atoms with Crippen molar-refractivity contribution in [3.63, 3.8) is 0 Å². The van der Waals surface area contributed by atoms with Gasteiger partial charge in [-0.1, -0.05) is 29.7 Å². The molecule has 1 atom stereocenters. The van der Waals surface area contributed by atoms with Crippen molar-refractivity contribution in [3.8, 4) is 12.3 Å². The summed E-state index contributed by atoms with van der Waals surface area (Å²) in [6.07, 6.45) is 11.4. The summed E-state index contributed by atoms with van der Waals surface area (Å²) in [6, 6.07) is 3.12. The molecule has 0 radical (unpaired) electrons. The minimum absolute atomic E-state index is 0.0608. The molecule has 10 heteroatoms. The fourth-order valence-corrected chi connectivity index (χ4v) is 5.28. The first-order chi connectivity index (χ1) is 15.0.